The van der Waals surface area contributed by atoms with Crippen LogP contribution < -0.4 is 4.72 Å². The Morgan fingerprint density at radius 2 is 1.77 bits per heavy atom. The molecule has 0 spiro atoms. The zero-order valence-electron chi connectivity index (χ0n) is 17.7. The van der Waals surface area contributed by atoms with Crippen molar-refractivity contribution in [3.05, 3.63) is 65.2 Å². The van der Waals surface area contributed by atoms with Gasteiger partial charge in [-0.05, 0) is 51.0 Å². The van der Waals surface area contributed by atoms with E-state index in [4.69, 9.17) is 4.74 Å². The van der Waals surface area contributed by atoms with Crippen molar-refractivity contribution in [3.63, 3.8) is 0 Å². The molecule has 0 aromatic heterocycles. The van der Waals surface area contributed by atoms with E-state index in [1.165, 1.54) is 17.0 Å². The molecule has 2 aromatic rings. The molecular weight excluding hydrogens is 404 g/mol. The molecular formula is C22H28N2O5S. The van der Waals surface area contributed by atoms with Gasteiger partial charge in [-0.2, -0.15) is 0 Å². The fourth-order valence-electron chi connectivity index (χ4n) is 2.85. The lowest BCUT2D eigenvalue weighted by Crippen LogP contribution is -2.41. The van der Waals surface area contributed by atoms with Crippen LogP contribution in [0.25, 0.3) is 0 Å². The molecule has 0 radical (unpaired) electrons. The van der Waals surface area contributed by atoms with Crippen LogP contribution >= 0.6 is 0 Å². The molecule has 0 saturated heterocycles. The van der Waals surface area contributed by atoms with Crippen LogP contribution in [-0.2, 0) is 26.1 Å². The Hall–Kier alpha value is -2.71. The average molecular weight is 433 g/mol. The number of rotatable bonds is 9. The van der Waals surface area contributed by atoms with Crippen LogP contribution in [0.1, 0.15) is 42.3 Å². The number of amides is 1. The minimum absolute atomic E-state index is 0.00720. The highest BCUT2D eigenvalue weighted by molar-refractivity contribution is 7.89. The highest BCUT2D eigenvalue weighted by atomic mass is 32.2. The molecule has 8 heteroatoms. The molecule has 7 nitrogen and oxygen atoms in total. The van der Waals surface area contributed by atoms with Gasteiger partial charge < -0.3 is 9.64 Å². The molecule has 0 heterocycles. The summed E-state index contributed by atoms with van der Waals surface area (Å²) in [4.78, 5) is 26.4. The van der Waals surface area contributed by atoms with Gasteiger partial charge in [0.1, 0.15) is 6.54 Å². The minimum Gasteiger partial charge on any atom is -0.465 e. The summed E-state index contributed by atoms with van der Waals surface area (Å²) < 4.78 is 33.0. The zero-order chi connectivity index (χ0) is 22.3. The monoisotopic (exact) mass is 432 g/mol. The highest BCUT2D eigenvalue weighted by Gasteiger charge is 2.25. The predicted molar refractivity (Wildman–Crippen MR) is 114 cm³/mol. The number of aryl methyl sites for hydroxylation is 1. The van der Waals surface area contributed by atoms with Crippen LogP contribution in [0.3, 0.4) is 0 Å². The minimum atomic E-state index is -3.82. The van der Waals surface area contributed by atoms with Crippen molar-refractivity contribution in [2.45, 2.75) is 45.2 Å². The van der Waals surface area contributed by atoms with Crippen molar-refractivity contribution in [2.75, 3.05) is 13.2 Å². The van der Waals surface area contributed by atoms with Gasteiger partial charge in [0.15, 0.2) is 0 Å². The second-order valence-electron chi connectivity index (χ2n) is 7.12. The third-order valence-electron chi connectivity index (χ3n) is 4.55. The van der Waals surface area contributed by atoms with E-state index in [0.717, 1.165) is 5.56 Å². The van der Waals surface area contributed by atoms with Gasteiger partial charge in [0, 0.05) is 18.2 Å². The lowest BCUT2D eigenvalue weighted by molar-refractivity contribution is -0.144. The number of esters is 1. The number of ether oxygens (including phenoxy) is 1. The van der Waals surface area contributed by atoms with E-state index in [-0.39, 0.29) is 36.2 Å². The van der Waals surface area contributed by atoms with Gasteiger partial charge in [-0.25, -0.2) is 13.1 Å². The van der Waals surface area contributed by atoms with E-state index in [9.17, 15) is 18.0 Å². The Morgan fingerprint density at radius 3 is 2.37 bits per heavy atom. The fourth-order valence-corrected chi connectivity index (χ4v) is 3.89. The summed E-state index contributed by atoms with van der Waals surface area (Å²) in [6, 6.07) is 13.3. The number of sulfonamides is 1. The number of carbonyl (C=O) groups is 2. The van der Waals surface area contributed by atoms with E-state index in [0.29, 0.717) is 5.56 Å². The van der Waals surface area contributed by atoms with Crippen LogP contribution in [0.2, 0.25) is 0 Å². The first kappa shape index (κ1) is 23.6. The molecule has 1 N–H and O–H groups in total. The van der Waals surface area contributed by atoms with Crippen molar-refractivity contribution >= 4 is 21.9 Å². The maximum atomic E-state index is 13.1. The Bertz CT molecular complexity index is 988. The molecule has 0 aliphatic heterocycles. The molecule has 30 heavy (non-hydrogen) atoms. The molecule has 0 aliphatic rings. The number of carbonyl (C=O) groups excluding carboxylic acids is 2. The van der Waals surface area contributed by atoms with Gasteiger partial charge in [-0.15, -0.1) is 0 Å². The van der Waals surface area contributed by atoms with Crippen molar-refractivity contribution in [2.24, 2.45) is 0 Å². The van der Waals surface area contributed by atoms with Gasteiger partial charge in [0.25, 0.3) is 5.91 Å². The quantitative estimate of drug-likeness (QED) is 0.615. The number of nitrogens with zero attached hydrogens (tertiary/aromatic N) is 1. The molecule has 2 rings (SSSR count). The van der Waals surface area contributed by atoms with E-state index < -0.39 is 21.9 Å². The number of benzene rings is 2. The lowest BCUT2D eigenvalue weighted by atomic mass is 10.1. The Labute approximate surface area is 178 Å². The first-order valence-electron chi connectivity index (χ1n) is 9.76. The highest BCUT2D eigenvalue weighted by Crippen LogP contribution is 2.19. The van der Waals surface area contributed by atoms with Gasteiger partial charge in [-0.3, -0.25) is 9.59 Å². The van der Waals surface area contributed by atoms with Crippen LogP contribution in [0.4, 0.5) is 0 Å². The molecule has 0 unspecified atom stereocenters. The number of hydrogen-bond donors (Lipinski definition) is 1. The second kappa shape index (κ2) is 10.4. The summed E-state index contributed by atoms with van der Waals surface area (Å²) in [5.41, 5.74) is 1.68. The Morgan fingerprint density at radius 1 is 1.10 bits per heavy atom. The summed E-state index contributed by atoms with van der Waals surface area (Å²) in [6.07, 6.45) is 0. The smallest absolute Gasteiger partial charge is 0.325 e. The van der Waals surface area contributed by atoms with E-state index in [1.807, 2.05) is 30.3 Å². The SMILES string of the molecule is CCOC(=O)CN(C(=O)c1cc(S(=O)(=O)NCc2ccccc2)ccc1C)C(C)C. The largest absolute Gasteiger partial charge is 0.465 e. The van der Waals surface area contributed by atoms with Gasteiger partial charge in [0.05, 0.1) is 11.5 Å². The number of hydrogen-bond acceptors (Lipinski definition) is 5. The Kier molecular flexibility index (Phi) is 8.14. The fraction of sp³-hybridized carbons (Fsp3) is 0.364. The van der Waals surface area contributed by atoms with Gasteiger partial charge in [0.2, 0.25) is 10.0 Å². The van der Waals surface area contributed by atoms with Crippen LogP contribution in [0.5, 0.6) is 0 Å². The lowest BCUT2D eigenvalue weighted by Gasteiger charge is -2.26. The molecule has 0 atom stereocenters. The van der Waals surface area contributed by atoms with Crippen molar-refractivity contribution in [1.82, 2.24) is 9.62 Å². The third-order valence-corrected chi connectivity index (χ3v) is 5.95. The zero-order valence-corrected chi connectivity index (χ0v) is 18.5. The van der Waals surface area contributed by atoms with Crippen LogP contribution in [-0.4, -0.2) is 44.4 Å². The van der Waals surface area contributed by atoms with Crippen molar-refractivity contribution < 1.29 is 22.7 Å². The van der Waals surface area contributed by atoms with E-state index in [1.54, 1.807) is 33.8 Å². The first-order valence-corrected chi connectivity index (χ1v) is 11.2. The summed E-state index contributed by atoms with van der Waals surface area (Å²) in [6.45, 7) is 7.15. The molecule has 0 fully saturated rings. The molecule has 0 bridgehead atoms. The maximum Gasteiger partial charge on any atom is 0.325 e. The first-order chi connectivity index (χ1) is 14.2. The summed E-state index contributed by atoms with van der Waals surface area (Å²) in [5.74, 6) is -0.929. The molecule has 1 amide bonds. The normalized spacial score (nSPS) is 11.4. The van der Waals surface area contributed by atoms with Crippen molar-refractivity contribution in [1.29, 1.82) is 0 Å². The van der Waals surface area contributed by atoms with E-state index in [2.05, 4.69) is 4.72 Å². The maximum absolute atomic E-state index is 13.1. The van der Waals surface area contributed by atoms with Gasteiger partial charge >= 0.3 is 5.97 Å². The van der Waals surface area contributed by atoms with Crippen LogP contribution in [0.15, 0.2) is 53.4 Å². The Balaban J connectivity index is 2.27. The molecule has 0 aliphatic carbocycles. The predicted octanol–water partition coefficient (Wildman–Crippen LogP) is 2.89. The molecule has 0 saturated carbocycles. The van der Waals surface area contributed by atoms with Crippen molar-refractivity contribution in [3.8, 4) is 0 Å². The summed E-state index contributed by atoms with van der Waals surface area (Å²) in [5, 5.41) is 0. The third kappa shape index (κ3) is 6.14. The topological polar surface area (TPSA) is 92.8 Å². The molecule has 2 aromatic carbocycles. The van der Waals surface area contributed by atoms with Crippen LogP contribution in [0, 0.1) is 6.92 Å². The van der Waals surface area contributed by atoms with E-state index >= 15 is 0 Å². The summed E-state index contributed by atoms with van der Waals surface area (Å²) >= 11 is 0. The second-order valence-corrected chi connectivity index (χ2v) is 8.89. The number of nitrogens with one attached hydrogen (secondary N) is 1. The summed E-state index contributed by atoms with van der Waals surface area (Å²) in [7, 11) is -3.82. The van der Waals surface area contributed by atoms with Gasteiger partial charge in [-0.1, -0.05) is 36.4 Å². The standard InChI is InChI=1S/C22H28N2O5S/c1-5-29-21(25)15-24(16(2)3)22(26)20-13-19(12-11-17(20)4)30(27,28)23-14-18-9-7-6-8-10-18/h6-13,16,23H,5,14-15H2,1-4H3. The molecule has 162 valence electrons. The average Bonchev–Trinajstić information content (AvgIpc) is 2.71.